The highest BCUT2D eigenvalue weighted by molar-refractivity contribution is 6.01. The van der Waals surface area contributed by atoms with Crippen molar-refractivity contribution >= 4 is 11.8 Å². The van der Waals surface area contributed by atoms with E-state index in [9.17, 15) is 9.59 Å². The van der Waals surface area contributed by atoms with Crippen molar-refractivity contribution in [3.05, 3.63) is 35.7 Å². The van der Waals surface area contributed by atoms with Crippen LogP contribution in [0.5, 0.6) is 0 Å². The van der Waals surface area contributed by atoms with Crippen molar-refractivity contribution in [3.8, 4) is 11.4 Å². The molecule has 7 nitrogen and oxygen atoms in total. The minimum Gasteiger partial charge on any atom is -0.339 e. The normalized spacial score (nSPS) is 14.9. The summed E-state index contributed by atoms with van der Waals surface area (Å²) in [6.45, 7) is 0.765. The van der Waals surface area contributed by atoms with E-state index in [0.29, 0.717) is 37.5 Å². The zero-order chi connectivity index (χ0) is 15.5. The predicted octanol–water partition coefficient (Wildman–Crippen LogP) is 0.887. The third-order valence-corrected chi connectivity index (χ3v) is 3.62. The minimum absolute atomic E-state index is 0.137. The molecule has 7 heteroatoms. The Kier molecular flexibility index (Phi) is 3.97. The van der Waals surface area contributed by atoms with Crippen LogP contribution < -0.4 is 5.73 Å². The van der Waals surface area contributed by atoms with E-state index < -0.39 is 0 Å². The van der Waals surface area contributed by atoms with Crippen molar-refractivity contribution in [3.63, 3.8) is 0 Å². The molecular weight excluding hydrogens is 284 g/mol. The quantitative estimate of drug-likeness (QED) is 0.823. The van der Waals surface area contributed by atoms with E-state index >= 15 is 0 Å². The minimum atomic E-state index is -0.137. The summed E-state index contributed by atoms with van der Waals surface area (Å²) in [6, 6.07) is 7.58. The highest BCUT2D eigenvalue weighted by atomic mass is 16.5. The number of hydrogen-bond acceptors (Lipinski definition) is 6. The molecule has 0 bridgehead atoms. The van der Waals surface area contributed by atoms with E-state index in [-0.39, 0.29) is 18.4 Å². The van der Waals surface area contributed by atoms with E-state index in [2.05, 4.69) is 10.1 Å². The molecule has 0 radical (unpaired) electrons. The number of likely N-dealkylation sites (tertiary alicyclic amines) is 1. The Morgan fingerprint density at radius 1 is 1.14 bits per heavy atom. The van der Waals surface area contributed by atoms with Crippen molar-refractivity contribution in [2.24, 2.45) is 5.73 Å². The summed E-state index contributed by atoms with van der Waals surface area (Å²) in [4.78, 5) is 28.6. The van der Waals surface area contributed by atoms with Crippen LogP contribution in [-0.2, 0) is 22.6 Å². The Labute approximate surface area is 127 Å². The van der Waals surface area contributed by atoms with Crippen LogP contribution in [0.25, 0.3) is 11.4 Å². The number of amides is 2. The highest BCUT2D eigenvalue weighted by Gasteiger charge is 2.28. The van der Waals surface area contributed by atoms with Gasteiger partial charge in [0.1, 0.15) is 0 Å². The molecule has 1 aliphatic heterocycles. The number of hydrogen-bond donors (Lipinski definition) is 1. The number of imide groups is 1. The largest absolute Gasteiger partial charge is 0.339 e. The molecule has 1 aliphatic rings. The van der Waals surface area contributed by atoms with E-state index in [1.807, 2.05) is 24.3 Å². The first-order chi connectivity index (χ1) is 10.7. The molecule has 114 valence electrons. The lowest BCUT2D eigenvalue weighted by Gasteiger charge is -2.11. The van der Waals surface area contributed by atoms with Crippen LogP contribution in [0.1, 0.15) is 24.3 Å². The topological polar surface area (TPSA) is 102 Å². The van der Waals surface area contributed by atoms with Crippen LogP contribution in [0, 0.1) is 0 Å². The average molecular weight is 300 g/mol. The van der Waals surface area contributed by atoms with Gasteiger partial charge in [-0.15, -0.1) is 0 Å². The number of carbonyl (C=O) groups is 2. The predicted molar refractivity (Wildman–Crippen MR) is 77.3 cm³/mol. The van der Waals surface area contributed by atoms with E-state index in [4.69, 9.17) is 10.3 Å². The first-order valence-corrected chi connectivity index (χ1v) is 7.12. The van der Waals surface area contributed by atoms with Crippen LogP contribution in [-0.4, -0.2) is 33.4 Å². The molecule has 2 amide bonds. The fraction of sp³-hybridized carbons (Fsp3) is 0.333. The number of nitrogens with zero attached hydrogens (tertiary/aromatic N) is 3. The van der Waals surface area contributed by atoms with Gasteiger partial charge in [-0.3, -0.25) is 14.5 Å². The molecule has 0 aliphatic carbocycles. The first-order valence-electron chi connectivity index (χ1n) is 7.12. The zero-order valence-electron chi connectivity index (χ0n) is 12.0. The fourth-order valence-corrected chi connectivity index (χ4v) is 2.34. The Balaban J connectivity index is 1.65. The second-order valence-corrected chi connectivity index (χ2v) is 5.10. The third kappa shape index (κ3) is 2.89. The standard InChI is InChI=1S/C15H16N4O3/c16-9-10-1-3-11(4-2-10)15-17-12(22-18-15)7-8-19-13(20)5-6-14(19)21/h1-4H,5-9,16H2. The van der Waals surface area contributed by atoms with Gasteiger partial charge in [0.2, 0.25) is 23.5 Å². The molecule has 0 saturated carbocycles. The number of benzene rings is 1. The fourth-order valence-electron chi connectivity index (χ4n) is 2.34. The SMILES string of the molecule is NCc1ccc(-c2noc(CCN3C(=O)CCC3=O)n2)cc1. The van der Waals surface area contributed by atoms with Gasteiger partial charge in [0, 0.05) is 37.9 Å². The van der Waals surface area contributed by atoms with Crippen molar-refractivity contribution < 1.29 is 14.1 Å². The van der Waals surface area contributed by atoms with Gasteiger partial charge in [-0.25, -0.2) is 0 Å². The maximum Gasteiger partial charge on any atom is 0.229 e. The molecule has 3 rings (SSSR count). The Bertz CT molecular complexity index is 677. The van der Waals surface area contributed by atoms with Crippen molar-refractivity contribution in [1.29, 1.82) is 0 Å². The van der Waals surface area contributed by atoms with Crippen LogP contribution in [0.2, 0.25) is 0 Å². The summed E-state index contributed by atoms with van der Waals surface area (Å²) >= 11 is 0. The lowest BCUT2D eigenvalue weighted by atomic mass is 10.1. The Morgan fingerprint density at radius 2 is 1.82 bits per heavy atom. The van der Waals surface area contributed by atoms with Crippen LogP contribution >= 0.6 is 0 Å². The van der Waals surface area contributed by atoms with Crippen molar-refractivity contribution in [2.75, 3.05) is 6.54 Å². The molecular formula is C15H16N4O3. The maximum absolute atomic E-state index is 11.5. The summed E-state index contributed by atoms with van der Waals surface area (Å²) in [5.74, 6) is 0.618. The smallest absolute Gasteiger partial charge is 0.229 e. The molecule has 1 aromatic heterocycles. The third-order valence-electron chi connectivity index (χ3n) is 3.62. The van der Waals surface area contributed by atoms with Crippen LogP contribution in [0.4, 0.5) is 0 Å². The zero-order valence-corrected chi connectivity index (χ0v) is 12.0. The van der Waals surface area contributed by atoms with Gasteiger partial charge in [-0.1, -0.05) is 29.4 Å². The average Bonchev–Trinajstić information content (AvgIpc) is 3.13. The Morgan fingerprint density at radius 3 is 2.45 bits per heavy atom. The maximum atomic E-state index is 11.5. The number of rotatable bonds is 5. The van der Waals surface area contributed by atoms with Crippen molar-refractivity contribution in [1.82, 2.24) is 15.0 Å². The molecule has 1 fully saturated rings. The summed E-state index contributed by atoms with van der Waals surface area (Å²) in [6.07, 6.45) is 0.953. The Hall–Kier alpha value is -2.54. The summed E-state index contributed by atoms with van der Waals surface area (Å²) in [5.41, 5.74) is 7.42. The molecule has 1 saturated heterocycles. The second-order valence-electron chi connectivity index (χ2n) is 5.10. The van der Waals surface area contributed by atoms with Crippen LogP contribution in [0.3, 0.4) is 0 Å². The van der Waals surface area contributed by atoms with Crippen molar-refractivity contribution in [2.45, 2.75) is 25.8 Å². The van der Waals surface area contributed by atoms with E-state index in [1.165, 1.54) is 4.90 Å². The molecule has 22 heavy (non-hydrogen) atoms. The lowest BCUT2D eigenvalue weighted by molar-refractivity contribution is -0.138. The molecule has 0 spiro atoms. The molecule has 1 aromatic carbocycles. The van der Waals surface area contributed by atoms with Gasteiger partial charge in [0.25, 0.3) is 0 Å². The van der Waals surface area contributed by atoms with E-state index in [0.717, 1.165) is 11.1 Å². The van der Waals surface area contributed by atoms with Gasteiger partial charge in [0.15, 0.2) is 0 Å². The summed E-state index contributed by atoms with van der Waals surface area (Å²) < 4.78 is 5.17. The van der Waals surface area contributed by atoms with Gasteiger partial charge >= 0.3 is 0 Å². The highest BCUT2D eigenvalue weighted by Crippen LogP contribution is 2.17. The first kappa shape index (κ1) is 14.4. The molecule has 2 heterocycles. The summed E-state index contributed by atoms with van der Waals surface area (Å²) in [5, 5.41) is 3.92. The molecule has 2 N–H and O–H groups in total. The van der Waals surface area contributed by atoms with Gasteiger partial charge in [-0.05, 0) is 5.56 Å². The molecule has 0 unspecified atom stereocenters. The molecule has 0 atom stereocenters. The number of aromatic nitrogens is 2. The van der Waals surface area contributed by atoms with Gasteiger partial charge < -0.3 is 10.3 Å². The summed E-state index contributed by atoms with van der Waals surface area (Å²) in [7, 11) is 0. The van der Waals surface area contributed by atoms with Gasteiger partial charge in [0.05, 0.1) is 0 Å². The molecule has 2 aromatic rings. The monoisotopic (exact) mass is 300 g/mol. The lowest BCUT2D eigenvalue weighted by Crippen LogP contribution is -2.31. The van der Waals surface area contributed by atoms with Crippen LogP contribution in [0.15, 0.2) is 28.8 Å². The second kappa shape index (κ2) is 6.07. The number of carbonyl (C=O) groups excluding carboxylic acids is 2. The van der Waals surface area contributed by atoms with E-state index in [1.54, 1.807) is 0 Å². The number of nitrogens with two attached hydrogens (primary N) is 1. The van der Waals surface area contributed by atoms with Gasteiger partial charge in [-0.2, -0.15) is 4.98 Å².